The minimum atomic E-state index is -1.63. The zero-order chi connectivity index (χ0) is 27.4. The number of aromatic hydroxyl groups is 1. The van der Waals surface area contributed by atoms with E-state index in [-0.39, 0.29) is 18.6 Å². The van der Waals surface area contributed by atoms with Crippen LogP contribution >= 0.6 is 11.8 Å². The lowest BCUT2D eigenvalue weighted by atomic mass is 10.0. The summed E-state index contributed by atoms with van der Waals surface area (Å²) in [6, 6.07) is 0.323. The summed E-state index contributed by atoms with van der Waals surface area (Å²) in [7, 11) is 0. The second-order valence-corrected chi connectivity index (χ2v) is 9.03. The number of carboxylic acid groups (broad SMARTS) is 2. The fourth-order valence-corrected chi connectivity index (χ4v) is 3.53. The Morgan fingerprint density at radius 2 is 1.50 bits per heavy atom. The Bertz CT molecular complexity index is 927. The van der Waals surface area contributed by atoms with Crippen LogP contribution in [0.15, 0.2) is 24.3 Å². The molecule has 0 fully saturated rings. The lowest BCUT2D eigenvalue weighted by molar-refractivity contribution is -0.145. The number of thioether (sulfide) groups is 1. The number of aliphatic hydroxyl groups excluding tert-OH is 1. The highest BCUT2D eigenvalue weighted by Gasteiger charge is 2.32. The molecular weight excluding hydrogens is 496 g/mol. The van der Waals surface area contributed by atoms with E-state index in [1.165, 1.54) is 30.8 Å². The number of nitrogens with two attached hydrogens (primary N) is 1. The average molecular weight is 529 g/mol. The van der Waals surface area contributed by atoms with Gasteiger partial charge in [-0.1, -0.05) is 12.1 Å². The Morgan fingerprint density at radius 3 is 2.00 bits per heavy atom. The van der Waals surface area contributed by atoms with Crippen LogP contribution in [0, 0.1) is 0 Å². The van der Waals surface area contributed by atoms with Crippen molar-refractivity contribution >= 4 is 41.4 Å². The van der Waals surface area contributed by atoms with Crippen molar-refractivity contribution < 1.29 is 44.4 Å². The number of carboxylic acids is 2. The van der Waals surface area contributed by atoms with E-state index in [0.717, 1.165) is 0 Å². The number of phenolic OH excluding ortho intramolecular Hbond substituents is 1. The number of aliphatic carboxylic acids is 2. The molecule has 200 valence electrons. The van der Waals surface area contributed by atoms with Gasteiger partial charge < -0.3 is 42.1 Å². The summed E-state index contributed by atoms with van der Waals surface area (Å²) in [5.74, 6) is -5.14. The molecule has 36 heavy (non-hydrogen) atoms. The largest absolute Gasteiger partial charge is 0.508 e. The lowest BCUT2D eigenvalue weighted by Crippen LogP contribution is -2.58. The van der Waals surface area contributed by atoms with E-state index < -0.39 is 66.4 Å². The van der Waals surface area contributed by atoms with Crippen LogP contribution in [-0.2, 0) is 30.4 Å². The number of carbonyl (C=O) groups excluding carboxylic acids is 3. The third kappa shape index (κ3) is 10.5. The van der Waals surface area contributed by atoms with Gasteiger partial charge in [0.05, 0.1) is 18.6 Å². The van der Waals surface area contributed by atoms with Gasteiger partial charge in [0.25, 0.3) is 0 Å². The van der Waals surface area contributed by atoms with Crippen molar-refractivity contribution in [1.82, 2.24) is 16.0 Å². The zero-order valence-electron chi connectivity index (χ0n) is 19.8. The van der Waals surface area contributed by atoms with Gasteiger partial charge in [-0.3, -0.25) is 19.2 Å². The smallest absolute Gasteiger partial charge is 0.328 e. The standard InChI is InChI=1S/C22H32N4O9S/c1-11(27)18(22(34)35)26-20(32)15(7-8-36-2)24-21(33)16(10-17(29)30)25-19(31)14(23)9-12-3-5-13(28)6-4-12/h3-6,11,14-16,18,27-28H,7-10,23H2,1-2H3,(H,24,33)(H,25,31)(H,26,32)(H,29,30)(H,34,35). The van der Waals surface area contributed by atoms with E-state index in [4.69, 9.17) is 5.73 Å². The normalized spacial score (nSPS) is 15.0. The minimum absolute atomic E-state index is 0.0261. The SMILES string of the molecule is CSCCC(NC(=O)C(CC(=O)O)NC(=O)C(N)Cc1ccc(O)cc1)C(=O)NC(C(=O)O)C(C)O. The second kappa shape index (κ2) is 14.9. The molecule has 9 N–H and O–H groups in total. The third-order valence-electron chi connectivity index (χ3n) is 5.03. The predicted molar refractivity (Wildman–Crippen MR) is 130 cm³/mol. The number of amides is 3. The Kier molecular flexibility index (Phi) is 12.7. The van der Waals surface area contributed by atoms with Gasteiger partial charge in [0, 0.05) is 0 Å². The molecule has 0 spiro atoms. The molecule has 13 nitrogen and oxygen atoms in total. The number of carbonyl (C=O) groups is 5. The molecule has 0 saturated carbocycles. The number of aliphatic hydroxyl groups is 1. The Hall–Kier alpha value is -3.36. The van der Waals surface area contributed by atoms with Gasteiger partial charge in [-0.2, -0.15) is 11.8 Å². The van der Waals surface area contributed by atoms with E-state index in [0.29, 0.717) is 11.3 Å². The fraction of sp³-hybridized carbons (Fsp3) is 0.500. The summed E-state index contributed by atoms with van der Waals surface area (Å²) in [5.41, 5.74) is 6.51. The van der Waals surface area contributed by atoms with E-state index in [2.05, 4.69) is 16.0 Å². The number of rotatable bonds is 15. The van der Waals surface area contributed by atoms with Crippen molar-refractivity contribution in [1.29, 1.82) is 0 Å². The first-order valence-corrected chi connectivity index (χ1v) is 12.3. The van der Waals surface area contributed by atoms with Crippen LogP contribution in [0.2, 0.25) is 0 Å². The summed E-state index contributed by atoms with van der Waals surface area (Å²) in [6.45, 7) is 1.17. The highest BCUT2D eigenvalue weighted by atomic mass is 32.2. The highest BCUT2D eigenvalue weighted by molar-refractivity contribution is 7.98. The van der Waals surface area contributed by atoms with Crippen LogP contribution < -0.4 is 21.7 Å². The van der Waals surface area contributed by atoms with Crippen molar-refractivity contribution in [3.05, 3.63) is 29.8 Å². The van der Waals surface area contributed by atoms with Crippen LogP contribution in [0.4, 0.5) is 0 Å². The lowest BCUT2D eigenvalue weighted by Gasteiger charge is -2.25. The molecule has 0 bridgehead atoms. The number of hydrogen-bond acceptors (Lipinski definition) is 9. The maximum atomic E-state index is 12.9. The van der Waals surface area contributed by atoms with E-state index in [1.807, 2.05) is 0 Å². The van der Waals surface area contributed by atoms with Gasteiger partial charge in [0.15, 0.2) is 6.04 Å². The molecule has 5 atom stereocenters. The van der Waals surface area contributed by atoms with Gasteiger partial charge >= 0.3 is 11.9 Å². The average Bonchev–Trinajstić information content (AvgIpc) is 2.79. The molecule has 0 radical (unpaired) electrons. The van der Waals surface area contributed by atoms with Crippen LogP contribution in [0.3, 0.4) is 0 Å². The summed E-state index contributed by atoms with van der Waals surface area (Å²) in [4.78, 5) is 60.7. The van der Waals surface area contributed by atoms with Gasteiger partial charge in [-0.25, -0.2) is 4.79 Å². The summed E-state index contributed by atoms with van der Waals surface area (Å²) < 4.78 is 0. The minimum Gasteiger partial charge on any atom is -0.508 e. The Balaban J connectivity index is 2.95. The monoisotopic (exact) mass is 528 g/mol. The summed E-state index contributed by atoms with van der Waals surface area (Å²) in [5, 5.41) is 44.1. The van der Waals surface area contributed by atoms with Crippen LogP contribution in [0.1, 0.15) is 25.3 Å². The van der Waals surface area contributed by atoms with Gasteiger partial charge in [0.2, 0.25) is 17.7 Å². The molecule has 1 rings (SSSR count). The van der Waals surface area contributed by atoms with Gasteiger partial charge in [-0.15, -0.1) is 0 Å². The molecule has 0 heterocycles. The third-order valence-corrected chi connectivity index (χ3v) is 5.67. The second-order valence-electron chi connectivity index (χ2n) is 8.04. The number of hydrogen-bond donors (Lipinski definition) is 8. The molecule has 3 amide bonds. The summed E-state index contributed by atoms with van der Waals surface area (Å²) >= 11 is 1.35. The van der Waals surface area contributed by atoms with Crippen molar-refractivity contribution in [2.75, 3.05) is 12.0 Å². The van der Waals surface area contributed by atoms with Crippen molar-refractivity contribution in [2.45, 2.75) is 56.5 Å². The number of nitrogens with one attached hydrogen (secondary N) is 3. The molecule has 1 aromatic carbocycles. The molecule has 5 unspecified atom stereocenters. The molecular formula is C22H32N4O9S. The highest BCUT2D eigenvalue weighted by Crippen LogP contribution is 2.11. The molecule has 0 aliphatic heterocycles. The first kappa shape index (κ1) is 30.7. The number of phenols is 1. The predicted octanol–water partition coefficient (Wildman–Crippen LogP) is -1.59. The molecule has 0 aliphatic carbocycles. The van der Waals surface area contributed by atoms with E-state index in [9.17, 15) is 44.4 Å². The summed E-state index contributed by atoms with van der Waals surface area (Å²) in [6.07, 6.45) is -0.361. The van der Waals surface area contributed by atoms with Gasteiger partial charge in [0.1, 0.15) is 17.8 Å². The van der Waals surface area contributed by atoms with Crippen molar-refractivity contribution in [2.24, 2.45) is 5.73 Å². The van der Waals surface area contributed by atoms with Crippen molar-refractivity contribution in [3.63, 3.8) is 0 Å². The van der Waals surface area contributed by atoms with E-state index in [1.54, 1.807) is 18.4 Å². The van der Waals surface area contributed by atoms with Crippen LogP contribution in [-0.4, -0.2) is 92.4 Å². The quantitative estimate of drug-likeness (QED) is 0.129. The Morgan fingerprint density at radius 1 is 0.944 bits per heavy atom. The fourth-order valence-electron chi connectivity index (χ4n) is 3.06. The maximum Gasteiger partial charge on any atom is 0.328 e. The molecule has 0 aliphatic rings. The maximum absolute atomic E-state index is 12.9. The molecule has 0 aromatic heterocycles. The number of benzene rings is 1. The molecule has 1 aromatic rings. The topological polar surface area (TPSA) is 228 Å². The van der Waals surface area contributed by atoms with Crippen molar-refractivity contribution in [3.8, 4) is 5.75 Å². The first-order chi connectivity index (χ1) is 16.8. The zero-order valence-corrected chi connectivity index (χ0v) is 20.7. The molecule has 0 saturated heterocycles. The van der Waals surface area contributed by atoms with Crippen LogP contribution in [0.25, 0.3) is 0 Å². The molecule has 14 heteroatoms. The van der Waals surface area contributed by atoms with E-state index >= 15 is 0 Å². The Labute approximate surface area is 211 Å². The van der Waals surface area contributed by atoms with Gasteiger partial charge in [-0.05, 0) is 49.5 Å². The van der Waals surface area contributed by atoms with Crippen LogP contribution in [0.5, 0.6) is 5.75 Å². The first-order valence-electron chi connectivity index (χ1n) is 10.9.